The van der Waals surface area contributed by atoms with E-state index in [0.29, 0.717) is 33.3 Å². The fourth-order valence-electron chi connectivity index (χ4n) is 3.17. The van der Waals surface area contributed by atoms with Gasteiger partial charge in [-0.15, -0.1) is 0 Å². The van der Waals surface area contributed by atoms with Gasteiger partial charge >= 0.3 is 0 Å². The Kier molecular flexibility index (Phi) is 4.89. The molecular formula is C23H14ClN3O3S. The van der Waals surface area contributed by atoms with E-state index in [4.69, 9.17) is 32.7 Å². The van der Waals surface area contributed by atoms with Gasteiger partial charge in [-0.2, -0.15) is 0 Å². The molecule has 2 heterocycles. The van der Waals surface area contributed by atoms with E-state index in [9.17, 15) is 4.79 Å². The van der Waals surface area contributed by atoms with E-state index in [2.05, 4.69) is 15.6 Å². The third-order valence-electron chi connectivity index (χ3n) is 4.59. The number of thiocarbonyl (C=S) groups is 1. The molecule has 0 spiro atoms. The van der Waals surface area contributed by atoms with Crippen molar-refractivity contribution in [1.82, 2.24) is 10.3 Å². The van der Waals surface area contributed by atoms with Gasteiger partial charge in [-0.25, -0.2) is 4.98 Å². The first kappa shape index (κ1) is 19.3. The minimum absolute atomic E-state index is 0.142. The number of amides is 1. The molecule has 0 saturated heterocycles. The summed E-state index contributed by atoms with van der Waals surface area (Å²) in [6.07, 6.45) is 0. The molecule has 8 heteroatoms. The lowest BCUT2D eigenvalue weighted by molar-refractivity contribution is 0.0953. The lowest BCUT2D eigenvalue weighted by Crippen LogP contribution is -2.33. The minimum Gasteiger partial charge on any atom is -0.451 e. The highest BCUT2D eigenvalue weighted by molar-refractivity contribution is 7.80. The highest BCUT2D eigenvalue weighted by atomic mass is 35.5. The number of rotatable bonds is 3. The summed E-state index contributed by atoms with van der Waals surface area (Å²) in [5.41, 5.74) is 3.35. The van der Waals surface area contributed by atoms with Crippen LogP contribution in [0.1, 0.15) is 10.6 Å². The van der Waals surface area contributed by atoms with Crippen LogP contribution in [0.4, 0.5) is 5.69 Å². The number of furan rings is 1. The van der Waals surface area contributed by atoms with Crippen molar-refractivity contribution >= 4 is 62.6 Å². The molecule has 6 nitrogen and oxygen atoms in total. The van der Waals surface area contributed by atoms with E-state index in [1.165, 1.54) is 0 Å². The van der Waals surface area contributed by atoms with E-state index in [-0.39, 0.29) is 10.9 Å². The summed E-state index contributed by atoms with van der Waals surface area (Å²) in [5.74, 6) is 0.221. The fraction of sp³-hybridized carbons (Fsp3) is 0. The SMILES string of the molecule is O=C(NC(=S)Nc1ccc2oc(-c3cccc(Cl)c3)nc2c1)c1cc2ccccc2o1. The quantitative estimate of drug-likeness (QED) is 0.329. The number of carbonyl (C=O) groups excluding carboxylic acids is 1. The monoisotopic (exact) mass is 447 g/mol. The first-order chi connectivity index (χ1) is 15.0. The predicted molar refractivity (Wildman–Crippen MR) is 124 cm³/mol. The van der Waals surface area contributed by atoms with Crippen molar-refractivity contribution in [3.8, 4) is 11.5 Å². The molecular weight excluding hydrogens is 434 g/mol. The number of benzene rings is 3. The van der Waals surface area contributed by atoms with Gasteiger partial charge in [0.25, 0.3) is 5.91 Å². The molecule has 0 aliphatic heterocycles. The first-order valence-electron chi connectivity index (χ1n) is 9.33. The molecule has 2 N–H and O–H groups in total. The van der Waals surface area contributed by atoms with Gasteiger partial charge in [0.2, 0.25) is 5.89 Å². The number of halogens is 1. The second kappa shape index (κ2) is 7.86. The maximum atomic E-state index is 12.4. The molecule has 0 atom stereocenters. The number of nitrogens with zero attached hydrogens (tertiary/aromatic N) is 1. The Balaban J connectivity index is 1.31. The molecule has 0 saturated carbocycles. The number of nitrogens with one attached hydrogen (secondary N) is 2. The zero-order chi connectivity index (χ0) is 21.4. The Morgan fingerprint density at radius 1 is 0.935 bits per heavy atom. The van der Waals surface area contributed by atoms with Crippen LogP contribution in [0.2, 0.25) is 5.02 Å². The highest BCUT2D eigenvalue weighted by Gasteiger charge is 2.14. The summed E-state index contributed by atoms with van der Waals surface area (Å²) in [4.78, 5) is 17.0. The number of oxazole rings is 1. The fourth-order valence-corrected chi connectivity index (χ4v) is 3.57. The van der Waals surface area contributed by atoms with Crippen LogP contribution in [-0.4, -0.2) is 16.0 Å². The van der Waals surface area contributed by atoms with Crippen LogP contribution in [0.15, 0.2) is 81.6 Å². The van der Waals surface area contributed by atoms with Crippen LogP contribution < -0.4 is 10.6 Å². The molecule has 0 aliphatic carbocycles. The van der Waals surface area contributed by atoms with E-state index in [1.807, 2.05) is 30.3 Å². The summed E-state index contributed by atoms with van der Waals surface area (Å²) >= 11 is 11.3. The summed E-state index contributed by atoms with van der Waals surface area (Å²) in [7, 11) is 0. The van der Waals surface area contributed by atoms with Gasteiger partial charge in [0.15, 0.2) is 16.5 Å². The molecule has 5 aromatic rings. The van der Waals surface area contributed by atoms with Crippen molar-refractivity contribution in [1.29, 1.82) is 0 Å². The largest absolute Gasteiger partial charge is 0.451 e. The van der Waals surface area contributed by atoms with Crippen LogP contribution in [0, 0.1) is 0 Å². The highest BCUT2D eigenvalue weighted by Crippen LogP contribution is 2.27. The van der Waals surface area contributed by atoms with E-state index in [1.54, 1.807) is 42.5 Å². The topological polar surface area (TPSA) is 80.3 Å². The molecule has 5 rings (SSSR count). The van der Waals surface area contributed by atoms with Crippen molar-refractivity contribution in [2.24, 2.45) is 0 Å². The van der Waals surface area contributed by atoms with Gasteiger partial charge in [-0.3, -0.25) is 10.1 Å². The summed E-state index contributed by atoms with van der Waals surface area (Å²) in [6, 6.07) is 21.7. The molecule has 152 valence electrons. The Labute approximate surface area is 186 Å². The summed E-state index contributed by atoms with van der Waals surface area (Å²) < 4.78 is 11.4. The molecule has 31 heavy (non-hydrogen) atoms. The van der Waals surface area contributed by atoms with Crippen LogP contribution in [0.5, 0.6) is 0 Å². The van der Waals surface area contributed by atoms with E-state index >= 15 is 0 Å². The number of carbonyl (C=O) groups is 1. The molecule has 0 fully saturated rings. The summed E-state index contributed by atoms with van der Waals surface area (Å²) in [5, 5.41) is 7.19. The van der Waals surface area contributed by atoms with Crippen LogP contribution in [-0.2, 0) is 0 Å². The number of hydrogen-bond donors (Lipinski definition) is 2. The average Bonchev–Trinajstić information content (AvgIpc) is 3.37. The van der Waals surface area contributed by atoms with Crippen molar-refractivity contribution in [3.63, 3.8) is 0 Å². The van der Waals surface area contributed by atoms with Crippen LogP contribution >= 0.6 is 23.8 Å². The van der Waals surface area contributed by atoms with E-state index in [0.717, 1.165) is 10.9 Å². The van der Waals surface area contributed by atoms with Crippen molar-refractivity contribution in [2.75, 3.05) is 5.32 Å². The molecule has 0 aliphatic rings. The van der Waals surface area contributed by atoms with Gasteiger partial charge in [0.1, 0.15) is 11.1 Å². The molecule has 3 aromatic carbocycles. The van der Waals surface area contributed by atoms with Gasteiger partial charge in [-0.1, -0.05) is 35.9 Å². The van der Waals surface area contributed by atoms with Gasteiger partial charge in [-0.05, 0) is 60.7 Å². The smallest absolute Gasteiger partial charge is 0.293 e. The van der Waals surface area contributed by atoms with Crippen LogP contribution in [0.3, 0.4) is 0 Å². The molecule has 0 bridgehead atoms. The normalized spacial score (nSPS) is 11.0. The molecule has 1 amide bonds. The second-order valence-electron chi connectivity index (χ2n) is 6.77. The third kappa shape index (κ3) is 4.01. The number of aromatic nitrogens is 1. The molecule has 2 aromatic heterocycles. The lowest BCUT2D eigenvalue weighted by Gasteiger charge is -2.08. The second-order valence-corrected chi connectivity index (χ2v) is 7.61. The predicted octanol–water partition coefficient (Wildman–Crippen LogP) is 6.02. The van der Waals surface area contributed by atoms with Gasteiger partial charge in [0.05, 0.1) is 0 Å². The standard InChI is InChI=1S/C23H14ClN3O3S/c24-15-6-3-5-14(10-15)22-26-17-12-16(8-9-19(17)30-22)25-23(31)27-21(28)20-11-13-4-1-2-7-18(13)29-20/h1-12H,(H2,25,27,28,31). The number of para-hydroxylation sites is 1. The van der Waals surface area contributed by atoms with E-state index < -0.39 is 5.91 Å². The minimum atomic E-state index is -0.431. The molecule has 0 unspecified atom stereocenters. The third-order valence-corrected chi connectivity index (χ3v) is 5.03. The van der Waals surface area contributed by atoms with Crippen molar-refractivity contribution in [2.45, 2.75) is 0 Å². The zero-order valence-electron chi connectivity index (χ0n) is 15.9. The maximum Gasteiger partial charge on any atom is 0.293 e. The van der Waals surface area contributed by atoms with Crippen molar-refractivity contribution in [3.05, 3.63) is 83.6 Å². The Morgan fingerprint density at radius 2 is 1.81 bits per heavy atom. The Hall–Kier alpha value is -3.68. The van der Waals surface area contributed by atoms with Crippen molar-refractivity contribution < 1.29 is 13.6 Å². The first-order valence-corrected chi connectivity index (χ1v) is 10.1. The Morgan fingerprint density at radius 3 is 2.65 bits per heavy atom. The van der Waals surface area contributed by atoms with Gasteiger partial charge in [0, 0.05) is 21.7 Å². The average molecular weight is 448 g/mol. The van der Waals surface area contributed by atoms with Crippen LogP contribution in [0.25, 0.3) is 33.5 Å². The maximum absolute atomic E-state index is 12.4. The Bertz CT molecular complexity index is 1420. The lowest BCUT2D eigenvalue weighted by atomic mass is 10.2. The summed E-state index contributed by atoms with van der Waals surface area (Å²) in [6.45, 7) is 0. The zero-order valence-corrected chi connectivity index (χ0v) is 17.5. The number of anilines is 1. The van der Waals surface area contributed by atoms with Gasteiger partial charge < -0.3 is 14.2 Å². The number of hydrogen-bond acceptors (Lipinski definition) is 5. The molecule has 0 radical (unpaired) electrons. The number of fused-ring (bicyclic) bond motifs is 2.